The van der Waals surface area contributed by atoms with Crippen molar-refractivity contribution in [3.8, 4) is 0 Å². The fourth-order valence-electron chi connectivity index (χ4n) is 1.96. The molecule has 0 unspecified atom stereocenters. The molecule has 0 atom stereocenters. The summed E-state index contributed by atoms with van der Waals surface area (Å²) in [5.41, 5.74) is 2.88. The van der Waals surface area contributed by atoms with Crippen molar-refractivity contribution < 1.29 is 9.53 Å². The Morgan fingerprint density at radius 1 is 1.20 bits per heavy atom. The molecule has 1 aromatic heterocycles. The van der Waals surface area contributed by atoms with E-state index < -0.39 is 0 Å². The molecule has 20 heavy (non-hydrogen) atoms. The largest absolute Gasteiger partial charge is 0.461 e. The lowest BCUT2D eigenvalue weighted by atomic mass is 10.0. The van der Waals surface area contributed by atoms with Crippen LogP contribution in [-0.4, -0.2) is 22.5 Å². The van der Waals surface area contributed by atoms with E-state index in [9.17, 15) is 4.79 Å². The zero-order valence-corrected chi connectivity index (χ0v) is 11.8. The molecule has 0 saturated carbocycles. The van der Waals surface area contributed by atoms with Gasteiger partial charge in [0.2, 0.25) is 0 Å². The van der Waals surface area contributed by atoms with Gasteiger partial charge in [-0.3, -0.25) is 0 Å². The number of esters is 1. The Kier molecular flexibility index (Phi) is 4.82. The Hall–Kier alpha value is -2.23. The maximum absolute atomic E-state index is 11.8. The van der Waals surface area contributed by atoms with Crippen molar-refractivity contribution in [1.82, 2.24) is 9.97 Å². The SMILES string of the molecule is Cc1nccc(C(=O)OCCCc2ccccc2C)n1. The van der Waals surface area contributed by atoms with E-state index in [1.165, 1.54) is 11.1 Å². The highest BCUT2D eigenvalue weighted by molar-refractivity contribution is 5.87. The molecule has 0 radical (unpaired) electrons. The van der Waals surface area contributed by atoms with Crippen molar-refractivity contribution in [2.45, 2.75) is 26.7 Å². The van der Waals surface area contributed by atoms with Crippen molar-refractivity contribution in [2.24, 2.45) is 0 Å². The number of aromatic nitrogens is 2. The van der Waals surface area contributed by atoms with Gasteiger partial charge in [-0.05, 0) is 43.9 Å². The van der Waals surface area contributed by atoms with Crippen molar-refractivity contribution in [3.63, 3.8) is 0 Å². The van der Waals surface area contributed by atoms with Crippen LogP contribution >= 0.6 is 0 Å². The second kappa shape index (κ2) is 6.80. The predicted octanol–water partition coefficient (Wildman–Crippen LogP) is 2.88. The second-order valence-corrected chi connectivity index (χ2v) is 4.66. The Bertz CT molecular complexity index is 597. The van der Waals surface area contributed by atoms with Crippen LogP contribution in [0.1, 0.15) is 33.9 Å². The first-order chi connectivity index (χ1) is 9.66. The van der Waals surface area contributed by atoms with E-state index in [2.05, 4.69) is 29.0 Å². The minimum Gasteiger partial charge on any atom is -0.461 e. The van der Waals surface area contributed by atoms with Gasteiger partial charge >= 0.3 is 5.97 Å². The number of hydrogen-bond donors (Lipinski definition) is 0. The third-order valence-electron chi connectivity index (χ3n) is 3.07. The van der Waals surface area contributed by atoms with E-state index in [4.69, 9.17) is 4.74 Å². The first-order valence-corrected chi connectivity index (χ1v) is 6.68. The predicted molar refractivity (Wildman–Crippen MR) is 76.6 cm³/mol. The van der Waals surface area contributed by atoms with Crippen LogP contribution in [0.4, 0.5) is 0 Å². The number of nitrogens with zero attached hydrogens (tertiary/aromatic N) is 2. The zero-order valence-electron chi connectivity index (χ0n) is 11.8. The molecule has 0 N–H and O–H groups in total. The fraction of sp³-hybridized carbons (Fsp3) is 0.312. The second-order valence-electron chi connectivity index (χ2n) is 4.66. The van der Waals surface area contributed by atoms with Gasteiger partial charge in [0, 0.05) is 6.20 Å². The number of hydrogen-bond acceptors (Lipinski definition) is 4. The Balaban J connectivity index is 1.79. The number of ether oxygens (including phenoxy) is 1. The van der Waals surface area contributed by atoms with E-state index in [0.29, 0.717) is 18.1 Å². The summed E-state index contributed by atoms with van der Waals surface area (Å²) in [4.78, 5) is 19.8. The van der Waals surface area contributed by atoms with Gasteiger partial charge in [-0.1, -0.05) is 24.3 Å². The molecule has 0 fully saturated rings. The van der Waals surface area contributed by atoms with E-state index >= 15 is 0 Å². The maximum atomic E-state index is 11.8. The molecule has 104 valence electrons. The Morgan fingerprint density at radius 2 is 2.00 bits per heavy atom. The van der Waals surface area contributed by atoms with Gasteiger partial charge < -0.3 is 4.74 Å². The van der Waals surface area contributed by atoms with E-state index in [1.807, 2.05) is 12.1 Å². The van der Waals surface area contributed by atoms with Gasteiger partial charge in [0.05, 0.1) is 6.61 Å². The van der Waals surface area contributed by atoms with Crippen LogP contribution < -0.4 is 0 Å². The van der Waals surface area contributed by atoms with Gasteiger partial charge in [-0.15, -0.1) is 0 Å². The molecule has 0 aliphatic heterocycles. The molecule has 2 aromatic rings. The molecule has 0 aliphatic carbocycles. The van der Waals surface area contributed by atoms with Gasteiger partial charge in [0.1, 0.15) is 5.82 Å². The summed E-state index contributed by atoms with van der Waals surface area (Å²) >= 11 is 0. The smallest absolute Gasteiger partial charge is 0.357 e. The van der Waals surface area contributed by atoms with E-state index in [1.54, 1.807) is 19.2 Å². The summed E-state index contributed by atoms with van der Waals surface area (Å²) in [7, 11) is 0. The van der Waals surface area contributed by atoms with Crippen molar-refractivity contribution in [3.05, 3.63) is 59.2 Å². The molecule has 4 heteroatoms. The summed E-state index contributed by atoms with van der Waals surface area (Å²) in [6.07, 6.45) is 3.27. The van der Waals surface area contributed by atoms with E-state index in [0.717, 1.165) is 12.8 Å². The summed E-state index contributed by atoms with van der Waals surface area (Å²) in [5, 5.41) is 0. The van der Waals surface area contributed by atoms with Crippen molar-refractivity contribution in [1.29, 1.82) is 0 Å². The van der Waals surface area contributed by atoms with Crippen molar-refractivity contribution in [2.75, 3.05) is 6.61 Å². The standard InChI is InChI=1S/C16H18N2O2/c1-12-6-3-4-7-14(12)8-5-11-20-16(19)15-9-10-17-13(2)18-15/h3-4,6-7,9-10H,5,8,11H2,1-2H3. The van der Waals surface area contributed by atoms with Crippen LogP contribution in [0.25, 0.3) is 0 Å². The van der Waals surface area contributed by atoms with Crippen LogP contribution in [0.15, 0.2) is 36.5 Å². The van der Waals surface area contributed by atoms with Crippen LogP contribution in [-0.2, 0) is 11.2 Å². The number of aryl methyl sites for hydroxylation is 3. The highest BCUT2D eigenvalue weighted by Crippen LogP contribution is 2.09. The van der Waals surface area contributed by atoms with Crippen molar-refractivity contribution >= 4 is 5.97 Å². The summed E-state index contributed by atoms with van der Waals surface area (Å²) in [5.74, 6) is 0.180. The number of carbonyl (C=O) groups is 1. The third-order valence-corrected chi connectivity index (χ3v) is 3.07. The molecule has 0 spiro atoms. The third kappa shape index (κ3) is 3.88. The Labute approximate surface area is 118 Å². The average molecular weight is 270 g/mol. The summed E-state index contributed by atoms with van der Waals surface area (Å²) in [6.45, 7) is 4.23. The molecule has 0 aliphatic rings. The lowest BCUT2D eigenvalue weighted by Gasteiger charge is -2.06. The van der Waals surface area contributed by atoms with Gasteiger partial charge in [-0.25, -0.2) is 14.8 Å². The number of carbonyl (C=O) groups excluding carboxylic acids is 1. The maximum Gasteiger partial charge on any atom is 0.357 e. The first-order valence-electron chi connectivity index (χ1n) is 6.68. The minimum absolute atomic E-state index is 0.313. The van der Waals surface area contributed by atoms with Crippen LogP contribution in [0.2, 0.25) is 0 Å². The lowest BCUT2D eigenvalue weighted by Crippen LogP contribution is -2.10. The molecule has 0 saturated heterocycles. The van der Waals surface area contributed by atoms with Crippen LogP contribution in [0, 0.1) is 13.8 Å². The molecule has 0 bridgehead atoms. The molecule has 1 aromatic carbocycles. The fourth-order valence-corrected chi connectivity index (χ4v) is 1.96. The molecule has 2 rings (SSSR count). The lowest BCUT2D eigenvalue weighted by molar-refractivity contribution is 0.0493. The molecule has 1 heterocycles. The van der Waals surface area contributed by atoms with Gasteiger partial charge in [0.15, 0.2) is 5.69 Å². The summed E-state index contributed by atoms with van der Waals surface area (Å²) < 4.78 is 5.22. The van der Waals surface area contributed by atoms with Crippen LogP contribution in [0.3, 0.4) is 0 Å². The zero-order chi connectivity index (χ0) is 14.4. The quantitative estimate of drug-likeness (QED) is 0.619. The monoisotopic (exact) mass is 270 g/mol. The molecule has 4 nitrogen and oxygen atoms in total. The summed E-state index contributed by atoms with van der Waals surface area (Å²) in [6, 6.07) is 9.81. The molecular formula is C16H18N2O2. The topological polar surface area (TPSA) is 52.1 Å². The van der Waals surface area contributed by atoms with Gasteiger partial charge in [0.25, 0.3) is 0 Å². The molecular weight excluding hydrogens is 252 g/mol. The number of rotatable bonds is 5. The average Bonchev–Trinajstić information content (AvgIpc) is 2.45. The first kappa shape index (κ1) is 14.2. The Morgan fingerprint density at radius 3 is 2.75 bits per heavy atom. The minimum atomic E-state index is -0.389. The number of benzene rings is 1. The van der Waals surface area contributed by atoms with Crippen LogP contribution in [0.5, 0.6) is 0 Å². The van der Waals surface area contributed by atoms with E-state index in [-0.39, 0.29) is 5.97 Å². The normalized spacial score (nSPS) is 10.3. The van der Waals surface area contributed by atoms with Gasteiger partial charge in [-0.2, -0.15) is 0 Å². The highest BCUT2D eigenvalue weighted by atomic mass is 16.5. The highest BCUT2D eigenvalue weighted by Gasteiger charge is 2.08. The molecule has 0 amide bonds.